The first-order valence-corrected chi connectivity index (χ1v) is 10.7. The molecule has 0 aromatic carbocycles. The molecule has 0 aromatic rings. The number of aliphatic hydroxyl groups excluding tert-OH is 5. The molecule has 2 aliphatic heterocycles. The molecule has 188 valence electrons. The maximum absolute atomic E-state index is 10.7. The SMILES string of the molecule is C[C@H]1O[C@@H](O[C@H]2[C@H](O)[C@@H](N)C[C@@H](N)[C@@H]2O[C@H]2O[C@H](CN)[C@@H](O)[C@H](O)[C@H]2N)[C@H](O)[C@@H](O)[C@@H]1N. The van der Waals surface area contributed by atoms with Crippen molar-refractivity contribution in [3.05, 3.63) is 0 Å². The van der Waals surface area contributed by atoms with Crippen LogP contribution in [0.15, 0.2) is 0 Å². The standard InChI is InChI=1S/C18H37N5O9/c1-4-8(22)12(26)14(28)18(29-4)32-16-10(24)5(20)2-6(21)15(16)31-17-9(23)13(27)11(25)7(3-19)30-17/h4-18,24-28H,2-3,19-23H2,1H3/t4-,5+,6-,7-,8-,9-,10-,11-,12+,13-,14-,15+,16+,17-,18+/m1/s1. The fraction of sp³-hybridized carbons (Fsp3) is 1.00. The second kappa shape index (κ2) is 10.4. The average molecular weight is 468 g/mol. The van der Waals surface area contributed by atoms with Crippen LogP contribution >= 0.6 is 0 Å². The lowest BCUT2D eigenvalue weighted by atomic mass is 9.84. The molecule has 3 rings (SSSR count). The van der Waals surface area contributed by atoms with Crippen LogP contribution in [0.1, 0.15) is 13.3 Å². The van der Waals surface area contributed by atoms with Crippen molar-refractivity contribution in [2.24, 2.45) is 28.7 Å². The van der Waals surface area contributed by atoms with Gasteiger partial charge in [-0.1, -0.05) is 0 Å². The van der Waals surface area contributed by atoms with E-state index in [1.54, 1.807) is 6.92 Å². The van der Waals surface area contributed by atoms with Crippen LogP contribution in [0.5, 0.6) is 0 Å². The summed E-state index contributed by atoms with van der Waals surface area (Å²) in [6.07, 6.45) is -13.1. The molecule has 3 fully saturated rings. The molecule has 1 aliphatic carbocycles. The molecule has 14 heteroatoms. The Bertz CT molecular complexity index is 621. The van der Waals surface area contributed by atoms with Gasteiger partial charge in [0.25, 0.3) is 0 Å². The summed E-state index contributed by atoms with van der Waals surface area (Å²) in [4.78, 5) is 0. The third-order valence-corrected chi connectivity index (χ3v) is 6.54. The lowest BCUT2D eigenvalue weighted by Gasteiger charge is -2.48. The summed E-state index contributed by atoms with van der Waals surface area (Å²) < 4.78 is 22.9. The van der Waals surface area contributed by atoms with E-state index in [1.807, 2.05) is 0 Å². The van der Waals surface area contributed by atoms with Crippen LogP contribution in [-0.4, -0.2) is 124 Å². The maximum atomic E-state index is 10.7. The minimum absolute atomic E-state index is 0.104. The number of rotatable bonds is 5. The predicted octanol–water partition coefficient (Wildman–Crippen LogP) is -6.30. The fourth-order valence-corrected chi connectivity index (χ4v) is 4.35. The Balaban J connectivity index is 1.79. The molecule has 15 atom stereocenters. The molecule has 3 aliphatic rings. The third kappa shape index (κ3) is 4.94. The molecule has 2 heterocycles. The molecule has 14 nitrogen and oxygen atoms in total. The number of hydrogen-bond acceptors (Lipinski definition) is 14. The zero-order chi connectivity index (χ0) is 23.9. The van der Waals surface area contributed by atoms with Crippen LogP contribution < -0.4 is 28.7 Å². The van der Waals surface area contributed by atoms with Crippen molar-refractivity contribution in [3.63, 3.8) is 0 Å². The second-order valence-electron chi connectivity index (χ2n) is 8.86. The van der Waals surface area contributed by atoms with Crippen molar-refractivity contribution in [2.75, 3.05) is 6.54 Å². The van der Waals surface area contributed by atoms with Crippen molar-refractivity contribution in [3.8, 4) is 0 Å². The number of aliphatic hydroxyl groups is 5. The summed E-state index contributed by atoms with van der Waals surface area (Å²) in [5.74, 6) is 0. The van der Waals surface area contributed by atoms with Crippen LogP contribution in [0.25, 0.3) is 0 Å². The van der Waals surface area contributed by atoms with E-state index < -0.39 is 91.7 Å². The summed E-state index contributed by atoms with van der Waals surface area (Å²) in [7, 11) is 0. The van der Waals surface area contributed by atoms with Gasteiger partial charge in [0, 0.05) is 18.6 Å². The van der Waals surface area contributed by atoms with Gasteiger partial charge in [-0.15, -0.1) is 0 Å². The first kappa shape index (κ1) is 26.1. The Kier molecular flexibility index (Phi) is 8.44. The molecule has 0 unspecified atom stereocenters. The normalized spacial score (nSPS) is 55.0. The lowest BCUT2D eigenvalue weighted by molar-refractivity contribution is -0.328. The molecular formula is C18H37N5O9. The summed E-state index contributed by atoms with van der Waals surface area (Å²) in [6.45, 7) is 1.50. The molecule has 0 aromatic heterocycles. The zero-order valence-electron chi connectivity index (χ0n) is 17.8. The molecule has 2 saturated heterocycles. The summed E-state index contributed by atoms with van der Waals surface area (Å²) >= 11 is 0. The van der Waals surface area contributed by atoms with Gasteiger partial charge in [0.15, 0.2) is 12.6 Å². The Hall–Kier alpha value is -0.560. The van der Waals surface area contributed by atoms with Gasteiger partial charge in [-0.25, -0.2) is 0 Å². The molecule has 0 spiro atoms. The Morgan fingerprint density at radius 1 is 0.719 bits per heavy atom. The minimum Gasteiger partial charge on any atom is -0.389 e. The van der Waals surface area contributed by atoms with Gasteiger partial charge in [0.2, 0.25) is 0 Å². The number of ether oxygens (including phenoxy) is 4. The quantitative estimate of drug-likeness (QED) is 0.180. The van der Waals surface area contributed by atoms with Crippen LogP contribution in [0.4, 0.5) is 0 Å². The highest BCUT2D eigenvalue weighted by molar-refractivity contribution is 5.01. The van der Waals surface area contributed by atoms with Gasteiger partial charge >= 0.3 is 0 Å². The van der Waals surface area contributed by atoms with Crippen LogP contribution in [-0.2, 0) is 18.9 Å². The highest BCUT2D eigenvalue weighted by Gasteiger charge is 2.51. The van der Waals surface area contributed by atoms with E-state index >= 15 is 0 Å². The van der Waals surface area contributed by atoms with Gasteiger partial charge in [-0.3, -0.25) is 0 Å². The smallest absolute Gasteiger partial charge is 0.187 e. The first-order chi connectivity index (χ1) is 15.0. The largest absolute Gasteiger partial charge is 0.389 e. The monoisotopic (exact) mass is 467 g/mol. The molecular weight excluding hydrogens is 430 g/mol. The summed E-state index contributed by atoms with van der Waals surface area (Å²) in [6, 6.07) is -3.51. The van der Waals surface area contributed by atoms with E-state index in [0.29, 0.717) is 0 Å². The van der Waals surface area contributed by atoms with E-state index in [0.717, 1.165) is 0 Å². The average Bonchev–Trinajstić information content (AvgIpc) is 2.76. The Morgan fingerprint density at radius 3 is 1.94 bits per heavy atom. The highest BCUT2D eigenvalue weighted by Crippen LogP contribution is 2.31. The summed E-state index contributed by atoms with van der Waals surface area (Å²) in [5, 5.41) is 51.6. The third-order valence-electron chi connectivity index (χ3n) is 6.54. The zero-order valence-corrected chi connectivity index (χ0v) is 17.8. The van der Waals surface area contributed by atoms with Gasteiger partial charge in [-0.05, 0) is 13.3 Å². The van der Waals surface area contributed by atoms with Crippen molar-refractivity contribution < 1.29 is 44.5 Å². The molecule has 0 radical (unpaired) electrons. The number of hydrogen-bond donors (Lipinski definition) is 10. The maximum Gasteiger partial charge on any atom is 0.187 e. The summed E-state index contributed by atoms with van der Waals surface area (Å²) in [5.41, 5.74) is 29.6. The predicted molar refractivity (Wildman–Crippen MR) is 108 cm³/mol. The van der Waals surface area contributed by atoms with Crippen molar-refractivity contribution >= 4 is 0 Å². The van der Waals surface area contributed by atoms with E-state index in [-0.39, 0.29) is 13.0 Å². The van der Waals surface area contributed by atoms with Crippen LogP contribution in [0.2, 0.25) is 0 Å². The van der Waals surface area contributed by atoms with E-state index in [9.17, 15) is 25.5 Å². The molecule has 0 amide bonds. The van der Waals surface area contributed by atoms with E-state index in [1.165, 1.54) is 0 Å². The van der Waals surface area contributed by atoms with E-state index in [2.05, 4.69) is 0 Å². The van der Waals surface area contributed by atoms with Crippen molar-refractivity contribution in [1.29, 1.82) is 0 Å². The lowest BCUT2D eigenvalue weighted by Crippen LogP contribution is -2.69. The topological polar surface area (TPSA) is 268 Å². The Labute approximate surface area is 185 Å². The number of nitrogens with two attached hydrogens (primary N) is 5. The highest BCUT2D eigenvalue weighted by atomic mass is 16.7. The molecule has 1 saturated carbocycles. The van der Waals surface area contributed by atoms with Crippen molar-refractivity contribution in [1.82, 2.24) is 0 Å². The molecule has 0 bridgehead atoms. The van der Waals surface area contributed by atoms with Crippen LogP contribution in [0, 0.1) is 0 Å². The van der Waals surface area contributed by atoms with Gasteiger partial charge in [0.05, 0.1) is 24.3 Å². The molecule has 32 heavy (non-hydrogen) atoms. The fourth-order valence-electron chi connectivity index (χ4n) is 4.35. The Morgan fingerprint density at radius 2 is 1.31 bits per heavy atom. The van der Waals surface area contributed by atoms with Gasteiger partial charge < -0.3 is 73.1 Å². The van der Waals surface area contributed by atoms with Crippen molar-refractivity contribution in [2.45, 2.75) is 105 Å². The van der Waals surface area contributed by atoms with Crippen LogP contribution in [0.3, 0.4) is 0 Å². The molecule has 15 N–H and O–H groups in total. The van der Waals surface area contributed by atoms with Gasteiger partial charge in [0.1, 0.15) is 42.7 Å². The van der Waals surface area contributed by atoms with Gasteiger partial charge in [-0.2, -0.15) is 0 Å². The second-order valence-corrected chi connectivity index (χ2v) is 8.86. The first-order valence-electron chi connectivity index (χ1n) is 10.7. The minimum atomic E-state index is -1.50. The van der Waals surface area contributed by atoms with E-state index in [4.69, 9.17) is 47.6 Å².